The minimum Gasteiger partial charge on any atom is -0.380 e. The van der Waals surface area contributed by atoms with E-state index in [0.29, 0.717) is 19.8 Å². The third kappa shape index (κ3) is 4.62. The van der Waals surface area contributed by atoms with E-state index in [1.165, 1.54) is 0 Å². The number of rotatable bonds is 5. The van der Waals surface area contributed by atoms with E-state index in [1.807, 2.05) is 6.92 Å². The summed E-state index contributed by atoms with van der Waals surface area (Å²) >= 11 is 0. The van der Waals surface area contributed by atoms with Crippen LogP contribution in [-0.2, 0) is 9.53 Å². The Kier molecular flexibility index (Phi) is 5.65. The summed E-state index contributed by atoms with van der Waals surface area (Å²) in [5.74, 6) is 0.408. The second-order valence-corrected chi connectivity index (χ2v) is 4.07. The van der Waals surface area contributed by atoms with E-state index in [2.05, 4.69) is 17.3 Å². The van der Waals surface area contributed by atoms with Gasteiger partial charge in [0.1, 0.15) is 0 Å². The van der Waals surface area contributed by atoms with E-state index in [9.17, 15) is 4.79 Å². The average Bonchev–Trinajstić information content (AvgIpc) is 2.25. The maximum Gasteiger partial charge on any atom is 0.223 e. The summed E-state index contributed by atoms with van der Waals surface area (Å²) in [4.78, 5) is 14.0. The molecule has 1 amide bonds. The fourth-order valence-electron chi connectivity index (χ4n) is 1.81. The van der Waals surface area contributed by atoms with Crippen LogP contribution in [0.2, 0.25) is 0 Å². The van der Waals surface area contributed by atoms with Crippen LogP contribution in [0.15, 0.2) is 0 Å². The molecule has 0 saturated carbocycles. The van der Waals surface area contributed by atoms with Crippen molar-refractivity contribution in [1.29, 1.82) is 0 Å². The summed E-state index contributed by atoms with van der Waals surface area (Å²) in [6.45, 7) is 5.99. The van der Waals surface area contributed by atoms with Gasteiger partial charge in [-0.15, -0.1) is 0 Å². The molecule has 0 radical (unpaired) electrons. The van der Waals surface area contributed by atoms with Crippen LogP contribution in [-0.4, -0.2) is 50.7 Å². The first-order valence-corrected chi connectivity index (χ1v) is 5.78. The first kappa shape index (κ1) is 12.5. The number of likely N-dealkylation sites (tertiary alicyclic amines) is 1. The van der Waals surface area contributed by atoms with Crippen molar-refractivity contribution in [3.05, 3.63) is 0 Å². The molecule has 0 unspecified atom stereocenters. The van der Waals surface area contributed by atoms with Crippen molar-refractivity contribution in [2.24, 2.45) is 5.92 Å². The van der Waals surface area contributed by atoms with E-state index in [4.69, 9.17) is 4.74 Å². The first-order valence-electron chi connectivity index (χ1n) is 5.78. The van der Waals surface area contributed by atoms with Gasteiger partial charge in [0.25, 0.3) is 0 Å². The molecular weight excluding hydrogens is 192 g/mol. The zero-order chi connectivity index (χ0) is 11.1. The molecule has 1 aliphatic heterocycles. The van der Waals surface area contributed by atoms with Crippen molar-refractivity contribution < 1.29 is 9.53 Å². The van der Waals surface area contributed by atoms with Crippen LogP contribution in [0.1, 0.15) is 19.8 Å². The highest BCUT2D eigenvalue weighted by Gasteiger charge is 2.22. The van der Waals surface area contributed by atoms with Gasteiger partial charge in [-0.05, 0) is 39.9 Å². The van der Waals surface area contributed by atoms with Crippen LogP contribution in [0.4, 0.5) is 0 Å². The number of hydrogen-bond acceptors (Lipinski definition) is 3. The standard InChI is InChI=1S/C11H22N2O2/c1-3-15-9-6-12-11(14)10-4-7-13(2)8-5-10/h10H,3-9H2,1-2H3,(H,12,14). The SMILES string of the molecule is CCOCCNC(=O)C1CCN(C)CC1. The monoisotopic (exact) mass is 214 g/mol. The molecule has 1 rings (SSSR count). The Morgan fingerprint density at radius 3 is 2.73 bits per heavy atom. The molecule has 1 saturated heterocycles. The number of nitrogens with zero attached hydrogens (tertiary/aromatic N) is 1. The first-order chi connectivity index (χ1) is 7.24. The van der Waals surface area contributed by atoms with E-state index in [0.717, 1.165) is 25.9 Å². The number of carbonyl (C=O) groups excluding carboxylic acids is 1. The molecule has 0 spiro atoms. The molecule has 0 atom stereocenters. The van der Waals surface area contributed by atoms with E-state index < -0.39 is 0 Å². The van der Waals surface area contributed by atoms with Crippen molar-refractivity contribution >= 4 is 5.91 Å². The molecule has 0 aromatic heterocycles. The van der Waals surface area contributed by atoms with Gasteiger partial charge in [-0.25, -0.2) is 0 Å². The summed E-state index contributed by atoms with van der Waals surface area (Å²) in [6, 6.07) is 0. The lowest BCUT2D eigenvalue weighted by Crippen LogP contribution is -2.39. The molecule has 1 heterocycles. The summed E-state index contributed by atoms with van der Waals surface area (Å²) in [5, 5.41) is 2.92. The van der Waals surface area contributed by atoms with E-state index in [-0.39, 0.29) is 11.8 Å². The van der Waals surface area contributed by atoms with Gasteiger partial charge in [0.05, 0.1) is 6.61 Å². The Labute approximate surface area is 92.0 Å². The Bertz CT molecular complexity index is 189. The number of piperidine rings is 1. The Morgan fingerprint density at radius 2 is 2.13 bits per heavy atom. The molecule has 0 aliphatic carbocycles. The highest BCUT2D eigenvalue weighted by Crippen LogP contribution is 2.15. The Morgan fingerprint density at radius 1 is 1.47 bits per heavy atom. The van der Waals surface area contributed by atoms with Gasteiger partial charge in [0.15, 0.2) is 0 Å². The molecular formula is C11H22N2O2. The van der Waals surface area contributed by atoms with Gasteiger partial charge >= 0.3 is 0 Å². The predicted molar refractivity (Wildman–Crippen MR) is 59.7 cm³/mol. The Balaban J connectivity index is 2.11. The lowest BCUT2D eigenvalue weighted by molar-refractivity contribution is -0.126. The maximum absolute atomic E-state index is 11.7. The molecule has 88 valence electrons. The fraction of sp³-hybridized carbons (Fsp3) is 0.909. The van der Waals surface area contributed by atoms with Gasteiger partial charge in [0, 0.05) is 19.1 Å². The largest absolute Gasteiger partial charge is 0.380 e. The van der Waals surface area contributed by atoms with Gasteiger partial charge in [0.2, 0.25) is 5.91 Å². The van der Waals surface area contributed by atoms with Crippen LogP contribution in [0, 0.1) is 5.92 Å². The Hall–Kier alpha value is -0.610. The third-order valence-corrected chi connectivity index (χ3v) is 2.84. The predicted octanol–water partition coefficient (Wildman–Crippen LogP) is 0.481. The molecule has 0 bridgehead atoms. The molecule has 15 heavy (non-hydrogen) atoms. The second kappa shape index (κ2) is 6.80. The van der Waals surface area contributed by atoms with Gasteiger partial charge in [-0.1, -0.05) is 0 Å². The number of nitrogens with one attached hydrogen (secondary N) is 1. The van der Waals surface area contributed by atoms with Crippen molar-refractivity contribution in [3.63, 3.8) is 0 Å². The molecule has 1 aliphatic rings. The number of amides is 1. The molecule has 4 heteroatoms. The van der Waals surface area contributed by atoms with Crippen LogP contribution in [0.3, 0.4) is 0 Å². The normalized spacial score (nSPS) is 19.1. The number of carbonyl (C=O) groups is 1. The van der Waals surface area contributed by atoms with Crippen LogP contribution in [0.25, 0.3) is 0 Å². The molecule has 0 aromatic carbocycles. The third-order valence-electron chi connectivity index (χ3n) is 2.84. The number of hydrogen-bond donors (Lipinski definition) is 1. The van der Waals surface area contributed by atoms with Gasteiger partial charge in [-0.2, -0.15) is 0 Å². The van der Waals surface area contributed by atoms with Crippen LogP contribution in [0.5, 0.6) is 0 Å². The van der Waals surface area contributed by atoms with E-state index in [1.54, 1.807) is 0 Å². The molecule has 4 nitrogen and oxygen atoms in total. The topological polar surface area (TPSA) is 41.6 Å². The fourth-order valence-corrected chi connectivity index (χ4v) is 1.81. The summed E-state index contributed by atoms with van der Waals surface area (Å²) < 4.78 is 5.17. The summed E-state index contributed by atoms with van der Waals surface area (Å²) in [7, 11) is 2.10. The van der Waals surface area contributed by atoms with Crippen molar-refractivity contribution in [2.75, 3.05) is 39.9 Å². The van der Waals surface area contributed by atoms with Gasteiger partial charge < -0.3 is 15.0 Å². The lowest BCUT2D eigenvalue weighted by Gasteiger charge is -2.28. The molecule has 0 aromatic rings. The highest BCUT2D eigenvalue weighted by molar-refractivity contribution is 5.78. The quantitative estimate of drug-likeness (QED) is 0.677. The zero-order valence-corrected chi connectivity index (χ0v) is 9.79. The molecule has 1 fully saturated rings. The second-order valence-electron chi connectivity index (χ2n) is 4.07. The van der Waals surface area contributed by atoms with Crippen molar-refractivity contribution in [2.45, 2.75) is 19.8 Å². The molecule has 1 N–H and O–H groups in total. The van der Waals surface area contributed by atoms with Crippen molar-refractivity contribution in [3.8, 4) is 0 Å². The minimum atomic E-state index is 0.197. The smallest absolute Gasteiger partial charge is 0.223 e. The minimum absolute atomic E-state index is 0.197. The zero-order valence-electron chi connectivity index (χ0n) is 9.79. The number of ether oxygens (including phenoxy) is 1. The van der Waals surface area contributed by atoms with E-state index >= 15 is 0 Å². The van der Waals surface area contributed by atoms with Crippen LogP contribution >= 0.6 is 0 Å². The van der Waals surface area contributed by atoms with Crippen molar-refractivity contribution in [1.82, 2.24) is 10.2 Å². The maximum atomic E-state index is 11.7. The van der Waals surface area contributed by atoms with Crippen LogP contribution < -0.4 is 5.32 Å². The lowest BCUT2D eigenvalue weighted by atomic mass is 9.96. The average molecular weight is 214 g/mol. The highest BCUT2D eigenvalue weighted by atomic mass is 16.5. The summed E-state index contributed by atoms with van der Waals surface area (Å²) in [5.41, 5.74) is 0. The van der Waals surface area contributed by atoms with Gasteiger partial charge in [-0.3, -0.25) is 4.79 Å². The summed E-state index contributed by atoms with van der Waals surface area (Å²) in [6.07, 6.45) is 1.97.